The highest BCUT2D eigenvalue weighted by Crippen LogP contribution is 2.49. The molecule has 128 valence electrons. The molecule has 25 heavy (non-hydrogen) atoms. The first-order chi connectivity index (χ1) is 12.2. The van der Waals surface area contributed by atoms with Crippen molar-refractivity contribution < 1.29 is 9.53 Å². The molecule has 1 aliphatic carbocycles. The van der Waals surface area contributed by atoms with Gasteiger partial charge in [-0.25, -0.2) is 4.79 Å². The number of hydrogen-bond donors (Lipinski definition) is 1. The molecule has 0 bridgehead atoms. The average Bonchev–Trinajstić information content (AvgIpc) is 3.16. The van der Waals surface area contributed by atoms with Gasteiger partial charge in [-0.15, -0.1) is 0 Å². The topological polar surface area (TPSA) is 38.3 Å². The van der Waals surface area contributed by atoms with Crippen LogP contribution in [0.25, 0.3) is 0 Å². The first kappa shape index (κ1) is 15.9. The summed E-state index contributed by atoms with van der Waals surface area (Å²) in [6.45, 7) is 2.20. The van der Waals surface area contributed by atoms with Crippen LogP contribution in [0.1, 0.15) is 52.4 Å². The van der Waals surface area contributed by atoms with Crippen LogP contribution in [-0.2, 0) is 11.2 Å². The predicted octanol–water partition coefficient (Wildman–Crippen LogP) is 4.86. The number of allylic oxidation sites excluding steroid dienone is 2. The van der Waals surface area contributed by atoms with E-state index in [0.717, 1.165) is 12.8 Å². The van der Waals surface area contributed by atoms with Gasteiger partial charge in [-0.3, -0.25) is 0 Å². The van der Waals surface area contributed by atoms with E-state index in [-0.39, 0.29) is 12.0 Å². The number of nitrogens with one attached hydrogen (secondary N) is 1. The largest absolute Gasteiger partial charge is 0.465 e. The number of aryl methyl sites for hydroxylation is 1. The molecule has 1 aliphatic heterocycles. The molecule has 0 unspecified atom stereocenters. The second-order valence-electron chi connectivity index (χ2n) is 6.86. The highest BCUT2D eigenvalue weighted by atomic mass is 16.5. The van der Waals surface area contributed by atoms with E-state index in [1.807, 2.05) is 24.3 Å². The van der Waals surface area contributed by atoms with Gasteiger partial charge in [0.05, 0.1) is 18.7 Å². The summed E-state index contributed by atoms with van der Waals surface area (Å²) in [5.41, 5.74) is 5.85. The number of ether oxygens (including phenoxy) is 1. The number of fused-ring (bicyclic) bond motifs is 3. The Morgan fingerprint density at radius 2 is 2.00 bits per heavy atom. The van der Waals surface area contributed by atoms with Crippen LogP contribution in [0, 0.1) is 5.92 Å². The molecule has 0 saturated heterocycles. The molecule has 0 fully saturated rings. The molecule has 3 heteroatoms. The van der Waals surface area contributed by atoms with Crippen molar-refractivity contribution in [2.45, 2.75) is 31.7 Å². The molecular weight excluding hydrogens is 310 g/mol. The first-order valence-electron chi connectivity index (χ1n) is 8.95. The van der Waals surface area contributed by atoms with Crippen LogP contribution < -0.4 is 5.32 Å². The van der Waals surface area contributed by atoms with E-state index in [2.05, 4.69) is 42.6 Å². The van der Waals surface area contributed by atoms with E-state index in [1.165, 1.54) is 29.5 Å². The number of carbonyl (C=O) groups excluding carboxylic acids is 1. The summed E-state index contributed by atoms with van der Waals surface area (Å²) in [4.78, 5) is 11.7. The molecule has 0 amide bonds. The lowest BCUT2D eigenvalue weighted by atomic mass is 9.76. The molecule has 3 nitrogen and oxygen atoms in total. The lowest BCUT2D eigenvalue weighted by Crippen LogP contribution is -2.29. The fraction of sp³-hybridized carbons (Fsp3) is 0.318. The van der Waals surface area contributed by atoms with Gasteiger partial charge < -0.3 is 10.1 Å². The molecule has 2 aromatic rings. The van der Waals surface area contributed by atoms with Gasteiger partial charge >= 0.3 is 5.97 Å². The Bertz CT molecular complexity index is 822. The Balaban J connectivity index is 1.68. The Morgan fingerprint density at radius 1 is 1.20 bits per heavy atom. The number of anilines is 1. The van der Waals surface area contributed by atoms with Crippen LogP contribution in [0.4, 0.5) is 5.69 Å². The van der Waals surface area contributed by atoms with Crippen LogP contribution >= 0.6 is 0 Å². The fourth-order valence-corrected chi connectivity index (χ4v) is 4.14. The highest BCUT2D eigenvalue weighted by molar-refractivity contribution is 5.89. The fourth-order valence-electron chi connectivity index (χ4n) is 4.14. The third-order valence-corrected chi connectivity index (χ3v) is 5.53. The number of methoxy groups -OCH3 is 1. The average molecular weight is 333 g/mol. The van der Waals surface area contributed by atoms with Crippen molar-refractivity contribution in [2.24, 2.45) is 5.92 Å². The molecule has 1 N–H and O–H groups in total. The van der Waals surface area contributed by atoms with Gasteiger partial charge in [0.2, 0.25) is 0 Å². The lowest BCUT2D eigenvalue weighted by Gasteiger charge is -2.37. The van der Waals surface area contributed by atoms with Crippen molar-refractivity contribution in [3.05, 3.63) is 76.9 Å². The van der Waals surface area contributed by atoms with E-state index in [0.29, 0.717) is 17.4 Å². The monoisotopic (exact) mass is 333 g/mol. The van der Waals surface area contributed by atoms with E-state index in [1.54, 1.807) is 0 Å². The maximum atomic E-state index is 11.7. The number of carbonyl (C=O) groups is 1. The number of esters is 1. The van der Waals surface area contributed by atoms with Gasteiger partial charge in [-0.2, -0.15) is 0 Å². The molecule has 0 saturated carbocycles. The third-order valence-electron chi connectivity index (χ3n) is 5.53. The van der Waals surface area contributed by atoms with Gasteiger partial charge in [-0.05, 0) is 53.6 Å². The van der Waals surface area contributed by atoms with Crippen LogP contribution in [0.2, 0.25) is 0 Å². The Morgan fingerprint density at radius 3 is 2.72 bits per heavy atom. The zero-order chi connectivity index (χ0) is 17.4. The van der Waals surface area contributed by atoms with Crippen molar-refractivity contribution in [3.8, 4) is 0 Å². The second kappa shape index (κ2) is 6.40. The minimum absolute atomic E-state index is 0.256. The molecule has 4 rings (SSSR count). The summed E-state index contributed by atoms with van der Waals surface area (Å²) in [5, 5.41) is 3.74. The van der Waals surface area contributed by atoms with Gasteiger partial charge in [0, 0.05) is 11.6 Å². The lowest BCUT2D eigenvalue weighted by molar-refractivity contribution is 0.0600. The summed E-state index contributed by atoms with van der Waals surface area (Å²) in [7, 11) is 1.41. The number of benzene rings is 2. The predicted molar refractivity (Wildman–Crippen MR) is 100.0 cm³/mol. The highest BCUT2D eigenvalue weighted by Gasteiger charge is 2.37. The van der Waals surface area contributed by atoms with Crippen LogP contribution in [0.5, 0.6) is 0 Å². The molecular formula is C22H23NO2. The van der Waals surface area contributed by atoms with Crippen LogP contribution in [0.3, 0.4) is 0 Å². The maximum Gasteiger partial charge on any atom is 0.337 e. The van der Waals surface area contributed by atoms with Crippen molar-refractivity contribution in [3.63, 3.8) is 0 Å². The van der Waals surface area contributed by atoms with Gasteiger partial charge in [-0.1, -0.05) is 43.3 Å². The van der Waals surface area contributed by atoms with E-state index < -0.39 is 0 Å². The summed E-state index contributed by atoms with van der Waals surface area (Å²) >= 11 is 0. The first-order valence-corrected chi connectivity index (χ1v) is 8.95. The quantitative estimate of drug-likeness (QED) is 0.644. The number of hydrogen-bond acceptors (Lipinski definition) is 3. The molecule has 2 aliphatic rings. The zero-order valence-electron chi connectivity index (χ0n) is 14.7. The van der Waals surface area contributed by atoms with Gasteiger partial charge in [0.25, 0.3) is 0 Å². The Kier molecular flexibility index (Phi) is 4.08. The summed E-state index contributed by atoms with van der Waals surface area (Å²) in [6, 6.07) is 14.8. The van der Waals surface area contributed by atoms with E-state index >= 15 is 0 Å². The van der Waals surface area contributed by atoms with Crippen molar-refractivity contribution in [1.29, 1.82) is 0 Å². The maximum absolute atomic E-state index is 11.7. The molecule has 0 aromatic heterocycles. The molecule has 2 aromatic carbocycles. The SMILES string of the molecule is CCc1ccc2c(c1)[C@@H]1C=CC[C@@H]1[C@@H](c1ccc(C(=O)OC)cc1)N2. The molecule has 0 spiro atoms. The van der Waals surface area contributed by atoms with Gasteiger partial charge in [0.1, 0.15) is 0 Å². The zero-order valence-corrected chi connectivity index (χ0v) is 14.7. The summed E-state index contributed by atoms with van der Waals surface area (Å²) in [5.74, 6) is 0.692. The Labute approximate surface area is 148 Å². The van der Waals surface area contributed by atoms with E-state index in [9.17, 15) is 4.79 Å². The minimum atomic E-state index is -0.291. The van der Waals surface area contributed by atoms with Crippen molar-refractivity contribution in [2.75, 3.05) is 12.4 Å². The second-order valence-corrected chi connectivity index (χ2v) is 6.86. The smallest absolute Gasteiger partial charge is 0.337 e. The molecule has 0 radical (unpaired) electrons. The normalized spacial score (nSPS) is 23.5. The Hall–Kier alpha value is -2.55. The molecule has 1 heterocycles. The van der Waals surface area contributed by atoms with Crippen LogP contribution in [0.15, 0.2) is 54.6 Å². The standard InChI is InChI=1S/C22H23NO2/c1-3-14-7-12-20-19(13-14)17-5-4-6-18(17)21(23-20)15-8-10-16(11-9-15)22(24)25-2/h4-5,7-13,17-18,21,23H,3,6H2,1-2H3/t17-,18+,21-/m1/s1. The summed E-state index contributed by atoms with van der Waals surface area (Å²) in [6.07, 6.45) is 6.81. The van der Waals surface area contributed by atoms with Gasteiger partial charge in [0.15, 0.2) is 0 Å². The number of rotatable bonds is 3. The van der Waals surface area contributed by atoms with Crippen molar-refractivity contribution in [1.82, 2.24) is 0 Å². The van der Waals surface area contributed by atoms with Crippen LogP contribution in [-0.4, -0.2) is 13.1 Å². The summed E-state index contributed by atoms with van der Waals surface area (Å²) < 4.78 is 4.79. The third kappa shape index (κ3) is 2.74. The molecule has 3 atom stereocenters. The van der Waals surface area contributed by atoms with Crippen molar-refractivity contribution >= 4 is 11.7 Å². The minimum Gasteiger partial charge on any atom is -0.465 e. The van der Waals surface area contributed by atoms with E-state index in [4.69, 9.17) is 4.74 Å².